The van der Waals surface area contributed by atoms with Crippen LogP contribution in [0.4, 0.5) is 5.69 Å². The molecule has 0 fully saturated rings. The normalized spacial score (nSPS) is 14.9. The highest BCUT2D eigenvalue weighted by molar-refractivity contribution is 5.44. The molecule has 0 heterocycles. The quantitative estimate of drug-likeness (QED) is 0.565. The number of hydrogen-bond acceptors (Lipinski definition) is 2. The van der Waals surface area contributed by atoms with Crippen LogP contribution in [0.3, 0.4) is 0 Å². The van der Waals surface area contributed by atoms with Gasteiger partial charge >= 0.3 is 0 Å². The zero-order valence-electron chi connectivity index (χ0n) is 16.5. The van der Waals surface area contributed by atoms with Crippen molar-refractivity contribution in [1.82, 2.24) is 4.90 Å². The topological polar surface area (TPSA) is 15.3 Å². The summed E-state index contributed by atoms with van der Waals surface area (Å²) >= 11 is 0. The molecule has 0 spiro atoms. The zero-order chi connectivity index (χ0) is 18.1. The summed E-state index contributed by atoms with van der Waals surface area (Å²) in [7, 11) is 0. The summed E-state index contributed by atoms with van der Waals surface area (Å²) in [6.07, 6.45) is 7.60. The van der Waals surface area contributed by atoms with Crippen LogP contribution in [0, 0.1) is 6.92 Å². The molecule has 0 amide bonds. The monoisotopic (exact) mass is 340 g/mol. The van der Waals surface area contributed by atoms with Crippen LogP contribution in [0.2, 0.25) is 0 Å². The van der Waals surface area contributed by atoms with E-state index in [1.807, 2.05) is 0 Å². The van der Waals surface area contributed by atoms with Gasteiger partial charge in [-0.3, -0.25) is 0 Å². The Hall–Kier alpha value is -1.54. The van der Waals surface area contributed by atoms with E-state index in [0.717, 1.165) is 32.6 Å². The van der Waals surface area contributed by atoms with Crippen LogP contribution < -0.4 is 5.32 Å². The van der Waals surface area contributed by atoms with Crippen LogP contribution in [0.5, 0.6) is 0 Å². The summed E-state index contributed by atoms with van der Waals surface area (Å²) in [6.45, 7) is 15.4. The molecule has 25 heavy (non-hydrogen) atoms. The highest BCUT2D eigenvalue weighted by Gasteiger charge is 2.12. The zero-order valence-corrected chi connectivity index (χ0v) is 16.5. The van der Waals surface area contributed by atoms with E-state index in [1.165, 1.54) is 48.9 Å². The standard InChI is InChI=1S/C23H36N2/c1-5-25(18-16-24-22-14-12-19(2)13-15-22)17-8-10-21(4)23-11-7-6-9-20(23)3/h12-15,24H,4-11,16-18H2,1-3H3. The number of hydrogen-bond donors (Lipinski definition) is 1. The molecule has 0 saturated carbocycles. The number of likely N-dealkylation sites (N-methyl/N-ethyl adjacent to an activating group) is 1. The third kappa shape index (κ3) is 6.70. The van der Waals surface area contributed by atoms with Crippen LogP contribution in [-0.4, -0.2) is 31.1 Å². The molecule has 0 aromatic heterocycles. The second-order valence-corrected chi connectivity index (χ2v) is 7.40. The molecule has 0 unspecified atom stereocenters. The highest BCUT2D eigenvalue weighted by Crippen LogP contribution is 2.30. The molecule has 138 valence electrons. The van der Waals surface area contributed by atoms with E-state index < -0.39 is 0 Å². The van der Waals surface area contributed by atoms with Gasteiger partial charge in [-0.05, 0) is 83.2 Å². The van der Waals surface area contributed by atoms with Crippen molar-refractivity contribution in [3.63, 3.8) is 0 Å². The minimum absolute atomic E-state index is 1.00. The Morgan fingerprint density at radius 3 is 2.48 bits per heavy atom. The molecule has 1 aromatic rings. The molecule has 2 rings (SSSR count). The summed E-state index contributed by atoms with van der Waals surface area (Å²) in [5.41, 5.74) is 7.09. The summed E-state index contributed by atoms with van der Waals surface area (Å²) in [5, 5.41) is 3.53. The Morgan fingerprint density at radius 1 is 1.08 bits per heavy atom. The van der Waals surface area contributed by atoms with Crippen LogP contribution in [-0.2, 0) is 0 Å². The average Bonchev–Trinajstić information content (AvgIpc) is 2.62. The van der Waals surface area contributed by atoms with E-state index in [1.54, 1.807) is 11.1 Å². The average molecular weight is 341 g/mol. The minimum atomic E-state index is 1.00. The highest BCUT2D eigenvalue weighted by atomic mass is 15.1. The van der Waals surface area contributed by atoms with Gasteiger partial charge in [-0.25, -0.2) is 0 Å². The fourth-order valence-corrected chi connectivity index (χ4v) is 3.66. The molecule has 2 nitrogen and oxygen atoms in total. The SMILES string of the molecule is C=C(CCCN(CC)CCNc1ccc(C)cc1)C1=C(C)CCCC1. The number of nitrogens with one attached hydrogen (secondary N) is 1. The predicted octanol–water partition coefficient (Wildman–Crippen LogP) is 5.96. The minimum Gasteiger partial charge on any atom is -0.384 e. The van der Waals surface area contributed by atoms with E-state index in [9.17, 15) is 0 Å². The molecule has 2 heteroatoms. The largest absolute Gasteiger partial charge is 0.384 e. The fourth-order valence-electron chi connectivity index (χ4n) is 3.66. The van der Waals surface area contributed by atoms with E-state index >= 15 is 0 Å². The third-order valence-electron chi connectivity index (χ3n) is 5.38. The van der Waals surface area contributed by atoms with E-state index in [4.69, 9.17) is 0 Å². The molecule has 0 atom stereocenters. The van der Waals surface area contributed by atoms with Gasteiger partial charge in [-0.15, -0.1) is 0 Å². The molecule has 1 aliphatic carbocycles. The van der Waals surface area contributed by atoms with E-state index in [-0.39, 0.29) is 0 Å². The van der Waals surface area contributed by atoms with Crippen molar-refractivity contribution in [2.75, 3.05) is 31.5 Å². The second-order valence-electron chi connectivity index (χ2n) is 7.40. The molecular weight excluding hydrogens is 304 g/mol. The van der Waals surface area contributed by atoms with Crippen molar-refractivity contribution < 1.29 is 0 Å². The Kier molecular flexibility index (Phi) is 8.27. The Balaban J connectivity index is 1.67. The maximum absolute atomic E-state index is 4.37. The van der Waals surface area contributed by atoms with Crippen molar-refractivity contribution in [2.24, 2.45) is 0 Å². The second kappa shape index (κ2) is 10.5. The number of aryl methyl sites for hydroxylation is 1. The first-order valence-corrected chi connectivity index (χ1v) is 9.99. The number of allylic oxidation sites excluding steroid dienone is 3. The van der Waals surface area contributed by atoms with Gasteiger partial charge in [0, 0.05) is 18.8 Å². The van der Waals surface area contributed by atoms with Crippen LogP contribution in [0.25, 0.3) is 0 Å². The lowest BCUT2D eigenvalue weighted by molar-refractivity contribution is 0.295. The van der Waals surface area contributed by atoms with Gasteiger partial charge in [0.25, 0.3) is 0 Å². The van der Waals surface area contributed by atoms with Crippen molar-refractivity contribution in [3.05, 3.63) is 53.1 Å². The number of nitrogens with zero attached hydrogens (tertiary/aromatic N) is 1. The molecule has 1 aromatic carbocycles. The van der Waals surface area contributed by atoms with E-state index in [0.29, 0.717) is 0 Å². The summed E-state index contributed by atoms with van der Waals surface area (Å²) in [4.78, 5) is 2.54. The van der Waals surface area contributed by atoms with Crippen LogP contribution in [0.15, 0.2) is 47.6 Å². The molecule has 0 saturated heterocycles. The fraction of sp³-hybridized carbons (Fsp3) is 0.565. The first-order valence-electron chi connectivity index (χ1n) is 9.99. The van der Waals surface area contributed by atoms with Gasteiger partial charge in [0.2, 0.25) is 0 Å². The number of benzene rings is 1. The van der Waals surface area contributed by atoms with Crippen molar-refractivity contribution >= 4 is 5.69 Å². The van der Waals surface area contributed by atoms with Crippen molar-refractivity contribution in [3.8, 4) is 0 Å². The van der Waals surface area contributed by atoms with E-state index in [2.05, 4.69) is 61.8 Å². The molecule has 1 N–H and O–H groups in total. The van der Waals surface area contributed by atoms with Gasteiger partial charge < -0.3 is 10.2 Å². The maximum atomic E-state index is 4.37. The van der Waals surface area contributed by atoms with Crippen molar-refractivity contribution in [1.29, 1.82) is 0 Å². The molecule has 1 aliphatic rings. The Bertz CT molecular complexity index is 568. The van der Waals surface area contributed by atoms with Gasteiger partial charge in [-0.2, -0.15) is 0 Å². The summed E-state index contributed by atoms with van der Waals surface area (Å²) < 4.78 is 0. The van der Waals surface area contributed by atoms with Gasteiger partial charge in [0.15, 0.2) is 0 Å². The van der Waals surface area contributed by atoms with Gasteiger partial charge in [0.1, 0.15) is 0 Å². The molecule has 0 radical (unpaired) electrons. The number of rotatable bonds is 10. The van der Waals surface area contributed by atoms with Crippen LogP contribution >= 0.6 is 0 Å². The number of anilines is 1. The van der Waals surface area contributed by atoms with Gasteiger partial charge in [0.05, 0.1) is 0 Å². The van der Waals surface area contributed by atoms with Gasteiger partial charge in [-0.1, -0.05) is 42.3 Å². The third-order valence-corrected chi connectivity index (χ3v) is 5.38. The van der Waals surface area contributed by atoms with Crippen LogP contribution in [0.1, 0.15) is 57.9 Å². The smallest absolute Gasteiger partial charge is 0.0340 e. The maximum Gasteiger partial charge on any atom is 0.0340 e. The Labute approximate surface area is 155 Å². The summed E-state index contributed by atoms with van der Waals surface area (Å²) in [6, 6.07) is 8.65. The lowest BCUT2D eigenvalue weighted by Gasteiger charge is -2.23. The van der Waals surface area contributed by atoms with Crippen molar-refractivity contribution in [2.45, 2.75) is 59.3 Å². The lowest BCUT2D eigenvalue weighted by atomic mass is 9.87. The summed E-state index contributed by atoms with van der Waals surface area (Å²) in [5.74, 6) is 0. The first kappa shape index (κ1) is 19.8. The molecule has 0 aliphatic heterocycles. The molecule has 0 bridgehead atoms. The Morgan fingerprint density at radius 2 is 1.80 bits per heavy atom. The predicted molar refractivity (Wildman–Crippen MR) is 111 cm³/mol. The first-order chi connectivity index (χ1) is 12.1. The lowest BCUT2D eigenvalue weighted by Crippen LogP contribution is -2.30. The molecular formula is C23H36N2.